The predicted octanol–water partition coefficient (Wildman–Crippen LogP) is 3.68. The highest BCUT2D eigenvalue weighted by Gasteiger charge is 2.28. The average molecular weight is 418 g/mol. The van der Waals surface area contributed by atoms with Crippen molar-refractivity contribution >= 4 is 44.3 Å². The van der Waals surface area contributed by atoms with Crippen LogP contribution in [0.25, 0.3) is 0 Å². The normalized spacial score (nSPS) is 18.1. The summed E-state index contributed by atoms with van der Waals surface area (Å²) < 4.78 is 4.24. The van der Waals surface area contributed by atoms with Gasteiger partial charge in [-0.1, -0.05) is 28.1 Å². The SMILES string of the molecule is Cc1nn(C2CCc3c(Br)cccc32)c(N)c1I. The van der Waals surface area contributed by atoms with Gasteiger partial charge in [-0.25, -0.2) is 4.68 Å². The van der Waals surface area contributed by atoms with Crippen molar-refractivity contribution in [3.8, 4) is 0 Å². The molecule has 1 aliphatic rings. The van der Waals surface area contributed by atoms with Crippen LogP contribution in [-0.2, 0) is 6.42 Å². The molecule has 0 saturated carbocycles. The lowest BCUT2D eigenvalue weighted by molar-refractivity contribution is 0.524. The molecule has 0 spiro atoms. The maximum Gasteiger partial charge on any atom is 0.136 e. The summed E-state index contributed by atoms with van der Waals surface area (Å²) in [5, 5.41) is 4.59. The number of hydrogen-bond acceptors (Lipinski definition) is 2. The van der Waals surface area contributed by atoms with E-state index >= 15 is 0 Å². The molecule has 2 N–H and O–H groups in total. The molecular formula is C13H13BrIN3. The number of nitrogens with zero attached hydrogens (tertiary/aromatic N) is 2. The smallest absolute Gasteiger partial charge is 0.136 e. The number of nitrogens with two attached hydrogens (primary N) is 1. The number of hydrogen-bond donors (Lipinski definition) is 1. The lowest BCUT2D eigenvalue weighted by Gasteiger charge is -2.14. The van der Waals surface area contributed by atoms with E-state index in [9.17, 15) is 0 Å². The van der Waals surface area contributed by atoms with E-state index in [4.69, 9.17) is 5.73 Å². The van der Waals surface area contributed by atoms with Crippen molar-refractivity contribution < 1.29 is 0 Å². The van der Waals surface area contributed by atoms with Gasteiger partial charge in [0, 0.05) is 4.47 Å². The summed E-state index contributed by atoms with van der Waals surface area (Å²) in [7, 11) is 0. The van der Waals surface area contributed by atoms with Crippen LogP contribution in [0.15, 0.2) is 22.7 Å². The Kier molecular flexibility index (Phi) is 3.13. The third-order valence-electron chi connectivity index (χ3n) is 3.52. The van der Waals surface area contributed by atoms with E-state index in [1.807, 2.05) is 11.6 Å². The second kappa shape index (κ2) is 4.52. The second-order valence-corrected chi connectivity index (χ2v) is 6.52. The highest BCUT2D eigenvalue weighted by atomic mass is 127. The van der Waals surface area contributed by atoms with Crippen LogP contribution in [-0.4, -0.2) is 9.78 Å². The number of nitrogen functional groups attached to an aromatic ring is 1. The molecule has 94 valence electrons. The zero-order valence-corrected chi connectivity index (χ0v) is 13.7. The molecule has 5 heteroatoms. The molecule has 0 bridgehead atoms. The van der Waals surface area contributed by atoms with Crippen molar-refractivity contribution in [2.75, 3.05) is 5.73 Å². The summed E-state index contributed by atoms with van der Waals surface area (Å²) in [6, 6.07) is 6.64. The first-order valence-electron chi connectivity index (χ1n) is 5.87. The number of fused-ring (bicyclic) bond motifs is 1. The molecule has 3 rings (SSSR count). The Morgan fingerprint density at radius 2 is 2.28 bits per heavy atom. The van der Waals surface area contributed by atoms with E-state index in [1.54, 1.807) is 0 Å². The Labute approximate surface area is 128 Å². The van der Waals surface area contributed by atoms with E-state index in [1.165, 1.54) is 15.6 Å². The summed E-state index contributed by atoms with van der Waals surface area (Å²) in [5.41, 5.74) is 9.91. The third kappa shape index (κ3) is 1.79. The quantitative estimate of drug-likeness (QED) is 0.719. The minimum Gasteiger partial charge on any atom is -0.383 e. The first-order valence-corrected chi connectivity index (χ1v) is 7.74. The van der Waals surface area contributed by atoms with E-state index in [-0.39, 0.29) is 6.04 Å². The van der Waals surface area contributed by atoms with Crippen LogP contribution >= 0.6 is 38.5 Å². The molecule has 0 fully saturated rings. The van der Waals surface area contributed by atoms with Gasteiger partial charge in [-0.2, -0.15) is 5.10 Å². The van der Waals surface area contributed by atoms with Crippen LogP contribution in [0.3, 0.4) is 0 Å². The van der Waals surface area contributed by atoms with E-state index in [0.29, 0.717) is 0 Å². The lowest BCUT2D eigenvalue weighted by atomic mass is 10.1. The number of anilines is 1. The van der Waals surface area contributed by atoms with Crippen molar-refractivity contribution in [2.24, 2.45) is 0 Å². The van der Waals surface area contributed by atoms with Crippen molar-refractivity contribution in [3.63, 3.8) is 0 Å². The van der Waals surface area contributed by atoms with Crippen LogP contribution < -0.4 is 5.73 Å². The van der Waals surface area contributed by atoms with E-state index in [0.717, 1.165) is 27.9 Å². The van der Waals surface area contributed by atoms with Crippen LogP contribution in [0, 0.1) is 10.5 Å². The largest absolute Gasteiger partial charge is 0.383 e. The number of aryl methyl sites for hydroxylation is 1. The lowest BCUT2D eigenvalue weighted by Crippen LogP contribution is -2.12. The Hall–Kier alpha value is -0.560. The van der Waals surface area contributed by atoms with Gasteiger partial charge >= 0.3 is 0 Å². The standard InChI is InChI=1S/C13H13BrIN3/c1-7-12(15)13(16)18(17-7)11-6-5-8-9(11)3-2-4-10(8)14/h2-4,11H,5-6,16H2,1H3. The van der Waals surface area contributed by atoms with Gasteiger partial charge in [-0.3, -0.25) is 0 Å². The Morgan fingerprint density at radius 1 is 1.50 bits per heavy atom. The number of rotatable bonds is 1. The second-order valence-electron chi connectivity index (χ2n) is 4.59. The topological polar surface area (TPSA) is 43.8 Å². The molecule has 1 aromatic heterocycles. The van der Waals surface area contributed by atoms with Gasteiger partial charge in [-0.05, 0) is 59.5 Å². The highest BCUT2D eigenvalue weighted by molar-refractivity contribution is 14.1. The molecule has 18 heavy (non-hydrogen) atoms. The molecule has 1 heterocycles. The molecule has 1 aliphatic carbocycles. The van der Waals surface area contributed by atoms with Crippen LogP contribution in [0.5, 0.6) is 0 Å². The number of aromatic nitrogens is 2. The maximum atomic E-state index is 6.16. The highest BCUT2D eigenvalue weighted by Crippen LogP contribution is 2.39. The zero-order valence-electron chi connectivity index (χ0n) is 9.95. The fourth-order valence-electron chi connectivity index (χ4n) is 2.62. The molecule has 1 atom stereocenters. The van der Waals surface area contributed by atoms with E-state index < -0.39 is 0 Å². The van der Waals surface area contributed by atoms with Gasteiger partial charge in [-0.15, -0.1) is 0 Å². The van der Waals surface area contributed by atoms with E-state index in [2.05, 4.69) is 61.8 Å². The molecule has 0 saturated heterocycles. The van der Waals surface area contributed by atoms with Crippen LogP contribution in [0.1, 0.15) is 29.3 Å². The minimum absolute atomic E-state index is 0.278. The Morgan fingerprint density at radius 3 is 2.94 bits per heavy atom. The summed E-state index contributed by atoms with van der Waals surface area (Å²) in [4.78, 5) is 0. The summed E-state index contributed by atoms with van der Waals surface area (Å²) in [6.07, 6.45) is 2.15. The van der Waals surface area contributed by atoms with Gasteiger partial charge in [0.1, 0.15) is 5.82 Å². The summed E-state index contributed by atoms with van der Waals surface area (Å²) in [6.45, 7) is 2.01. The third-order valence-corrected chi connectivity index (χ3v) is 5.60. The monoisotopic (exact) mass is 417 g/mol. The summed E-state index contributed by atoms with van der Waals surface area (Å²) >= 11 is 5.89. The van der Waals surface area contributed by atoms with Gasteiger partial charge in [0.2, 0.25) is 0 Å². The van der Waals surface area contributed by atoms with Gasteiger partial charge in [0.15, 0.2) is 0 Å². The fraction of sp³-hybridized carbons (Fsp3) is 0.308. The average Bonchev–Trinajstić information content (AvgIpc) is 2.88. The first kappa shape index (κ1) is 12.5. The maximum absolute atomic E-state index is 6.16. The Balaban J connectivity index is 2.12. The molecule has 1 aromatic carbocycles. The molecule has 2 aromatic rings. The number of benzene rings is 1. The van der Waals surface area contributed by atoms with Crippen molar-refractivity contribution in [2.45, 2.75) is 25.8 Å². The van der Waals surface area contributed by atoms with Crippen LogP contribution in [0.4, 0.5) is 5.82 Å². The molecule has 0 radical (unpaired) electrons. The molecule has 3 nitrogen and oxygen atoms in total. The van der Waals surface area contributed by atoms with Crippen molar-refractivity contribution in [1.82, 2.24) is 9.78 Å². The van der Waals surface area contributed by atoms with Gasteiger partial charge in [0.05, 0.1) is 15.3 Å². The van der Waals surface area contributed by atoms with Crippen molar-refractivity contribution in [3.05, 3.63) is 43.1 Å². The Bertz CT molecular complexity index is 621. The van der Waals surface area contributed by atoms with Crippen LogP contribution in [0.2, 0.25) is 0 Å². The molecule has 1 unspecified atom stereocenters. The molecular weight excluding hydrogens is 405 g/mol. The molecule has 0 amide bonds. The first-order chi connectivity index (χ1) is 8.59. The minimum atomic E-state index is 0.278. The fourth-order valence-corrected chi connectivity index (χ4v) is 3.56. The van der Waals surface area contributed by atoms with Crippen molar-refractivity contribution in [1.29, 1.82) is 0 Å². The number of halogens is 2. The molecule has 0 aliphatic heterocycles. The summed E-state index contributed by atoms with van der Waals surface area (Å²) in [5.74, 6) is 0.783. The van der Waals surface area contributed by atoms with Gasteiger partial charge in [0.25, 0.3) is 0 Å². The zero-order chi connectivity index (χ0) is 12.9. The van der Waals surface area contributed by atoms with Gasteiger partial charge < -0.3 is 5.73 Å². The predicted molar refractivity (Wildman–Crippen MR) is 84.7 cm³/mol.